The summed E-state index contributed by atoms with van der Waals surface area (Å²) in [6.07, 6.45) is 2.74. The van der Waals surface area contributed by atoms with Crippen LogP contribution >= 0.6 is 0 Å². The molecule has 0 amide bonds. The van der Waals surface area contributed by atoms with Gasteiger partial charge in [-0.2, -0.15) is 0 Å². The SMILES string of the molecule is Cc1cc(N2CCc3ccccc3C2C)ncn1. The van der Waals surface area contributed by atoms with Crippen LogP contribution in [0.3, 0.4) is 0 Å². The van der Waals surface area contributed by atoms with E-state index in [-0.39, 0.29) is 0 Å². The smallest absolute Gasteiger partial charge is 0.132 e. The molecular formula is C15H17N3. The molecule has 1 atom stereocenters. The highest BCUT2D eigenvalue weighted by Crippen LogP contribution is 2.32. The Morgan fingerprint density at radius 3 is 2.89 bits per heavy atom. The fourth-order valence-electron chi connectivity index (χ4n) is 2.68. The molecule has 1 unspecified atom stereocenters. The van der Waals surface area contributed by atoms with Gasteiger partial charge in [0.15, 0.2) is 0 Å². The lowest BCUT2D eigenvalue weighted by Gasteiger charge is -2.36. The third kappa shape index (κ3) is 1.86. The van der Waals surface area contributed by atoms with Crippen molar-refractivity contribution in [1.29, 1.82) is 0 Å². The second-order valence-electron chi connectivity index (χ2n) is 4.84. The molecule has 0 saturated heterocycles. The largest absolute Gasteiger partial charge is 0.349 e. The van der Waals surface area contributed by atoms with Crippen molar-refractivity contribution < 1.29 is 0 Å². The van der Waals surface area contributed by atoms with E-state index in [4.69, 9.17) is 0 Å². The quantitative estimate of drug-likeness (QED) is 0.766. The molecule has 1 aromatic carbocycles. The van der Waals surface area contributed by atoms with Crippen molar-refractivity contribution in [3.8, 4) is 0 Å². The van der Waals surface area contributed by atoms with Crippen molar-refractivity contribution in [3.63, 3.8) is 0 Å². The van der Waals surface area contributed by atoms with Crippen LogP contribution in [0, 0.1) is 6.92 Å². The lowest BCUT2D eigenvalue weighted by molar-refractivity contribution is 0.616. The fraction of sp³-hybridized carbons (Fsp3) is 0.333. The van der Waals surface area contributed by atoms with Gasteiger partial charge in [-0.25, -0.2) is 9.97 Å². The topological polar surface area (TPSA) is 29.0 Å². The molecule has 0 bridgehead atoms. The minimum atomic E-state index is 0.379. The van der Waals surface area contributed by atoms with E-state index in [9.17, 15) is 0 Å². The van der Waals surface area contributed by atoms with Gasteiger partial charge >= 0.3 is 0 Å². The summed E-state index contributed by atoms with van der Waals surface area (Å²) < 4.78 is 0. The minimum absolute atomic E-state index is 0.379. The van der Waals surface area contributed by atoms with Gasteiger partial charge in [-0.05, 0) is 31.4 Å². The molecule has 2 aromatic rings. The number of aryl methyl sites for hydroxylation is 1. The van der Waals surface area contributed by atoms with Gasteiger partial charge in [0, 0.05) is 18.3 Å². The number of nitrogens with zero attached hydrogens (tertiary/aromatic N) is 3. The first kappa shape index (κ1) is 11.2. The zero-order valence-electron chi connectivity index (χ0n) is 10.8. The highest BCUT2D eigenvalue weighted by atomic mass is 15.2. The summed E-state index contributed by atoms with van der Waals surface area (Å²) >= 11 is 0. The Hall–Kier alpha value is -1.90. The maximum Gasteiger partial charge on any atom is 0.132 e. The van der Waals surface area contributed by atoms with E-state index >= 15 is 0 Å². The molecule has 0 aliphatic carbocycles. The van der Waals surface area contributed by atoms with E-state index in [1.165, 1.54) is 11.1 Å². The Balaban J connectivity index is 1.97. The highest BCUT2D eigenvalue weighted by molar-refractivity contribution is 5.47. The normalized spacial score (nSPS) is 18.6. The van der Waals surface area contributed by atoms with Crippen LogP contribution < -0.4 is 4.90 Å². The first-order chi connectivity index (χ1) is 8.75. The standard InChI is InChI=1S/C15H17N3/c1-11-9-15(17-10-16-11)18-8-7-13-5-3-4-6-14(13)12(18)2/h3-6,9-10,12H,7-8H2,1-2H3. The Labute approximate surface area is 108 Å². The van der Waals surface area contributed by atoms with Gasteiger partial charge in [-0.3, -0.25) is 0 Å². The van der Waals surface area contributed by atoms with E-state index in [1.807, 2.05) is 6.92 Å². The summed E-state index contributed by atoms with van der Waals surface area (Å²) in [7, 11) is 0. The molecule has 0 saturated carbocycles. The van der Waals surface area contributed by atoms with Crippen LogP contribution in [-0.4, -0.2) is 16.5 Å². The van der Waals surface area contributed by atoms with Crippen LogP contribution in [-0.2, 0) is 6.42 Å². The Morgan fingerprint density at radius 1 is 1.22 bits per heavy atom. The summed E-state index contributed by atoms with van der Waals surface area (Å²) in [6, 6.07) is 11.1. The highest BCUT2D eigenvalue weighted by Gasteiger charge is 2.24. The summed E-state index contributed by atoms with van der Waals surface area (Å²) in [4.78, 5) is 10.9. The van der Waals surface area contributed by atoms with Crippen LogP contribution in [0.25, 0.3) is 0 Å². The van der Waals surface area contributed by atoms with Crippen molar-refractivity contribution in [1.82, 2.24) is 9.97 Å². The van der Waals surface area contributed by atoms with Crippen LogP contribution in [0.4, 0.5) is 5.82 Å². The predicted molar refractivity (Wildman–Crippen MR) is 72.7 cm³/mol. The minimum Gasteiger partial charge on any atom is -0.349 e. The van der Waals surface area contributed by atoms with E-state index in [2.05, 4.69) is 52.1 Å². The van der Waals surface area contributed by atoms with Gasteiger partial charge in [-0.1, -0.05) is 24.3 Å². The van der Waals surface area contributed by atoms with Crippen LogP contribution in [0.5, 0.6) is 0 Å². The first-order valence-corrected chi connectivity index (χ1v) is 6.39. The molecule has 1 aliphatic rings. The van der Waals surface area contributed by atoms with E-state index < -0.39 is 0 Å². The number of fused-ring (bicyclic) bond motifs is 1. The van der Waals surface area contributed by atoms with E-state index in [0.29, 0.717) is 6.04 Å². The molecule has 0 spiro atoms. The zero-order valence-corrected chi connectivity index (χ0v) is 10.8. The van der Waals surface area contributed by atoms with Crippen molar-refractivity contribution in [2.45, 2.75) is 26.3 Å². The first-order valence-electron chi connectivity index (χ1n) is 6.39. The number of hydrogen-bond donors (Lipinski definition) is 0. The summed E-state index contributed by atoms with van der Waals surface area (Å²) in [5.41, 5.74) is 3.90. The molecule has 3 nitrogen and oxygen atoms in total. The summed E-state index contributed by atoms with van der Waals surface area (Å²) in [6.45, 7) is 5.28. The van der Waals surface area contributed by atoms with Crippen molar-refractivity contribution >= 4 is 5.82 Å². The Bertz CT molecular complexity index is 565. The predicted octanol–water partition coefficient (Wildman–Crippen LogP) is 2.91. The number of hydrogen-bond acceptors (Lipinski definition) is 3. The lowest BCUT2D eigenvalue weighted by Crippen LogP contribution is -2.34. The molecule has 92 valence electrons. The van der Waals surface area contributed by atoms with Crippen molar-refractivity contribution in [2.75, 3.05) is 11.4 Å². The molecular weight excluding hydrogens is 222 g/mol. The summed E-state index contributed by atoms with van der Waals surface area (Å²) in [5, 5.41) is 0. The van der Waals surface area contributed by atoms with Gasteiger partial charge < -0.3 is 4.90 Å². The van der Waals surface area contributed by atoms with Gasteiger partial charge in [0.05, 0.1) is 6.04 Å². The van der Waals surface area contributed by atoms with Gasteiger partial charge in [0.2, 0.25) is 0 Å². The summed E-state index contributed by atoms with van der Waals surface area (Å²) in [5.74, 6) is 1.03. The lowest BCUT2D eigenvalue weighted by atomic mass is 9.94. The molecule has 0 fully saturated rings. The molecule has 1 aromatic heterocycles. The third-order valence-corrected chi connectivity index (χ3v) is 3.68. The molecule has 0 radical (unpaired) electrons. The van der Waals surface area contributed by atoms with E-state index in [0.717, 1.165) is 24.5 Å². The monoisotopic (exact) mass is 239 g/mol. The van der Waals surface area contributed by atoms with E-state index in [1.54, 1.807) is 6.33 Å². The molecule has 0 N–H and O–H groups in total. The Morgan fingerprint density at radius 2 is 2.06 bits per heavy atom. The van der Waals surface area contributed by atoms with Crippen LogP contribution in [0.15, 0.2) is 36.7 Å². The maximum absolute atomic E-state index is 4.40. The van der Waals surface area contributed by atoms with Crippen molar-refractivity contribution in [3.05, 3.63) is 53.5 Å². The Kier molecular flexibility index (Phi) is 2.74. The number of rotatable bonds is 1. The average Bonchev–Trinajstić information content (AvgIpc) is 2.39. The van der Waals surface area contributed by atoms with Gasteiger partial charge in [0.25, 0.3) is 0 Å². The fourth-order valence-corrected chi connectivity index (χ4v) is 2.68. The number of benzene rings is 1. The van der Waals surface area contributed by atoms with Crippen LogP contribution in [0.2, 0.25) is 0 Å². The van der Waals surface area contributed by atoms with Crippen LogP contribution in [0.1, 0.15) is 29.8 Å². The molecule has 1 aliphatic heterocycles. The van der Waals surface area contributed by atoms with Gasteiger partial charge in [-0.15, -0.1) is 0 Å². The molecule has 2 heterocycles. The molecule has 18 heavy (non-hydrogen) atoms. The molecule has 3 heteroatoms. The zero-order chi connectivity index (χ0) is 12.5. The second kappa shape index (κ2) is 4.41. The van der Waals surface area contributed by atoms with Crippen molar-refractivity contribution in [2.24, 2.45) is 0 Å². The number of aromatic nitrogens is 2. The van der Waals surface area contributed by atoms with Gasteiger partial charge in [0.1, 0.15) is 12.1 Å². The third-order valence-electron chi connectivity index (χ3n) is 3.68. The molecule has 3 rings (SSSR count). The second-order valence-corrected chi connectivity index (χ2v) is 4.84. The number of anilines is 1. The average molecular weight is 239 g/mol. The maximum atomic E-state index is 4.40.